The molecule has 4 atom stereocenters. The van der Waals surface area contributed by atoms with Crippen LogP contribution in [0.4, 0.5) is 19.1 Å². The smallest absolute Gasteiger partial charge is 0.368 e. The van der Waals surface area contributed by atoms with E-state index in [1.807, 2.05) is 146 Å². The van der Waals surface area contributed by atoms with E-state index in [2.05, 4.69) is 15.0 Å². The third-order valence-electron chi connectivity index (χ3n) is 11.3. The fourth-order valence-electron chi connectivity index (χ4n) is 8.50. The number of nitrogens with zero attached hydrogens (tertiary/aromatic N) is 4. The zero-order chi connectivity index (χ0) is 45.2. The molecule has 6 aromatic carbocycles. The number of alkyl halides is 3. The number of imidazole rings is 1. The first kappa shape index (κ1) is 43.8. The van der Waals surface area contributed by atoms with Crippen molar-refractivity contribution in [2.75, 3.05) is 12.3 Å². The first-order valence-electron chi connectivity index (χ1n) is 20.4. The number of hydrogen-bond acceptors (Lipinski definition) is 10. The zero-order valence-electron chi connectivity index (χ0n) is 34.2. The maximum atomic E-state index is 14.7. The Bertz CT molecular complexity index is 2790. The van der Waals surface area contributed by atoms with Crippen molar-refractivity contribution in [3.63, 3.8) is 0 Å². The highest BCUT2D eigenvalue weighted by molar-refractivity contribution is 7.87. The number of halogens is 4. The van der Waals surface area contributed by atoms with Gasteiger partial charge in [0.1, 0.15) is 35.0 Å². The first-order valence-corrected chi connectivity index (χ1v) is 22.2. The molecule has 1 fully saturated rings. The maximum absolute atomic E-state index is 14.7. The van der Waals surface area contributed by atoms with Crippen molar-refractivity contribution in [2.24, 2.45) is 0 Å². The second-order valence-corrected chi connectivity index (χ2v) is 17.1. The number of nitrogens with two attached hydrogens (primary N) is 1. The standard InChI is InChI=1S/C49H39ClF3N5O6S/c50-43-40-44(57-46(54)56-43)58(32-55-40)45-42(63-48(36-25-13-4-14-26-36,37-27-15-5-16-28-37)38-29-17-6-18-30-38)41(64-65(59,60)49(51,52)53)39(62-45)31-61-47(33-19-7-1-8-20-33,34-21-9-2-10-22-34)35-23-11-3-12-24-35/h1-30,32,39,41-42,45H,31H2,(H2,54,56,57)/t39-,41-,42-,45-/m1/s1. The average molecular weight is 918 g/mol. The second kappa shape index (κ2) is 17.8. The van der Waals surface area contributed by atoms with Gasteiger partial charge in [-0.25, -0.2) is 4.98 Å². The summed E-state index contributed by atoms with van der Waals surface area (Å²) in [6, 6.07) is 54.8. The maximum Gasteiger partial charge on any atom is 0.523 e. The van der Waals surface area contributed by atoms with E-state index >= 15 is 0 Å². The van der Waals surface area contributed by atoms with Crippen molar-refractivity contribution in [2.45, 2.75) is 41.3 Å². The van der Waals surface area contributed by atoms with Gasteiger partial charge in [-0.3, -0.25) is 8.75 Å². The average Bonchev–Trinajstić information content (AvgIpc) is 3.90. The van der Waals surface area contributed by atoms with Gasteiger partial charge in [0.15, 0.2) is 17.0 Å². The number of aromatic nitrogens is 4. The van der Waals surface area contributed by atoms with Gasteiger partial charge in [0, 0.05) is 0 Å². The zero-order valence-corrected chi connectivity index (χ0v) is 35.7. The van der Waals surface area contributed by atoms with Crippen LogP contribution in [0.5, 0.6) is 0 Å². The third-order valence-corrected chi connectivity index (χ3v) is 12.6. The Morgan fingerprint density at radius 3 is 1.42 bits per heavy atom. The number of rotatable bonds is 14. The van der Waals surface area contributed by atoms with Gasteiger partial charge in [-0.15, -0.1) is 0 Å². The molecule has 11 nitrogen and oxygen atoms in total. The molecule has 0 amide bonds. The fraction of sp³-hybridized carbons (Fsp3) is 0.163. The fourth-order valence-corrected chi connectivity index (χ4v) is 9.35. The minimum absolute atomic E-state index is 0.0250. The largest absolute Gasteiger partial charge is 0.523 e. The minimum atomic E-state index is -6.36. The molecule has 0 saturated carbocycles. The molecule has 1 aliphatic rings. The van der Waals surface area contributed by atoms with E-state index in [1.54, 1.807) is 36.4 Å². The quantitative estimate of drug-likeness (QED) is 0.0486. The summed E-state index contributed by atoms with van der Waals surface area (Å²) in [5, 5.41) is -0.111. The Morgan fingerprint density at radius 1 is 0.615 bits per heavy atom. The van der Waals surface area contributed by atoms with Crippen molar-refractivity contribution in [3.05, 3.63) is 227 Å². The third kappa shape index (κ3) is 8.15. The first-order chi connectivity index (χ1) is 31.4. The lowest BCUT2D eigenvalue weighted by Gasteiger charge is -2.40. The minimum Gasteiger partial charge on any atom is -0.368 e. The van der Waals surface area contributed by atoms with Gasteiger partial charge in [-0.05, 0) is 33.4 Å². The molecular formula is C49H39ClF3N5O6S. The van der Waals surface area contributed by atoms with E-state index in [0.717, 1.165) is 0 Å². The highest BCUT2D eigenvalue weighted by Gasteiger charge is 2.58. The molecule has 0 spiro atoms. The topological polar surface area (TPSA) is 141 Å². The Balaban J connectivity index is 1.28. The number of nitrogen functional groups attached to an aromatic ring is 1. The Morgan fingerprint density at radius 2 is 1.02 bits per heavy atom. The van der Waals surface area contributed by atoms with Gasteiger partial charge in [-0.2, -0.15) is 31.6 Å². The van der Waals surface area contributed by atoms with Crippen LogP contribution < -0.4 is 5.73 Å². The van der Waals surface area contributed by atoms with E-state index in [-0.39, 0.29) is 22.3 Å². The van der Waals surface area contributed by atoms with Crippen molar-refractivity contribution in [3.8, 4) is 0 Å². The molecule has 16 heteroatoms. The predicted molar refractivity (Wildman–Crippen MR) is 238 cm³/mol. The number of hydrogen-bond donors (Lipinski definition) is 1. The normalized spacial score (nSPS) is 18.2. The van der Waals surface area contributed by atoms with E-state index in [9.17, 15) is 21.6 Å². The molecule has 330 valence electrons. The Kier molecular flexibility index (Phi) is 12.0. The van der Waals surface area contributed by atoms with Crippen LogP contribution in [-0.4, -0.2) is 58.4 Å². The molecule has 0 bridgehead atoms. The van der Waals surface area contributed by atoms with E-state index in [1.165, 1.54) is 10.9 Å². The molecular weight excluding hydrogens is 879 g/mol. The summed E-state index contributed by atoms with van der Waals surface area (Å²) in [7, 11) is -6.36. The summed E-state index contributed by atoms with van der Waals surface area (Å²) in [5.74, 6) is -0.238. The van der Waals surface area contributed by atoms with Gasteiger partial charge in [-0.1, -0.05) is 194 Å². The SMILES string of the molecule is Nc1nc(Cl)c2ncn([C@@H]3O[C@H](COC(c4ccccc4)(c4ccccc4)c4ccccc4)[C@@H](OS(=O)(=O)C(F)(F)F)[C@H]3OC(c3ccccc3)(c3ccccc3)c3ccccc3)c2n1. The molecule has 2 N–H and O–H groups in total. The molecule has 1 saturated heterocycles. The number of anilines is 1. The molecule has 3 heterocycles. The van der Waals surface area contributed by atoms with Crippen LogP contribution in [0, 0.1) is 0 Å². The van der Waals surface area contributed by atoms with Crippen LogP contribution in [-0.2, 0) is 39.7 Å². The summed E-state index contributed by atoms with van der Waals surface area (Å²) >= 11 is 6.51. The lowest BCUT2D eigenvalue weighted by molar-refractivity contribution is -0.122. The van der Waals surface area contributed by atoms with E-state index in [0.29, 0.717) is 33.4 Å². The predicted octanol–water partition coefficient (Wildman–Crippen LogP) is 9.58. The number of benzene rings is 6. The summed E-state index contributed by atoms with van der Waals surface area (Å²) in [4.78, 5) is 12.8. The van der Waals surface area contributed by atoms with Gasteiger partial charge in [0.2, 0.25) is 5.95 Å². The van der Waals surface area contributed by atoms with Crippen molar-refractivity contribution in [1.82, 2.24) is 19.5 Å². The van der Waals surface area contributed by atoms with Crippen molar-refractivity contribution in [1.29, 1.82) is 0 Å². The molecule has 65 heavy (non-hydrogen) atoms. The van der Waals surface area contributed by atoms with Gasteiger partial charge in [0.25, 0.3) is 0 Å². The second-order valence-electron chi connectivity index (χ2n) is 15.2. The highest BCUT2D eigenvalue weighted by Crippen LogP contribution is 2.49. The highest BCUT2D eigenvalue weighted by atomic mass is 35.5. The molecule has 0 aliphatic carbocycles. The summed E-state index contributed by atoms with van der Waals surface area (Å²) < 4.78 is 99.1. The Hall–Kier alpha value is -6.46. The van der Waals surface area contributed by atoms with Gasteiger partial charge in [0.05, 0.1) is 12.9 Å². The van der Waals surface area contributed by atoms with Gasteiger partial charge >= 0.3 is 15.6 Å². The lowest BCUT2D eigenvalue weighted by Crippen LogP contribution is -2.48. The van der Waals surface area contributed by atoms with E-state index < -0.39 is 58.0 Å². The molecule has 9 rings (SSSR count). The van der Waals surface area contributed by atoms with Crippen molar-refractivity contribution < 1.29 is 40.0 Å². The number of fused-ring (bicyclic) bond motifs is 1. The van der Waals surface area contributed by atoms with Crippen LogP contribution in [0.1, 0.15) is 39.6 Å². The summed E-state index contributed by atoms with van der Waals surface area (Å²) in [6.07, 6.45) is -5.63. The lowest BCUT2D eigenvalue weighted by atomic mass is 9.79. The van der Waals surface area contributed by atoms with Crippen LogP contribution in [0.25, 0.3) is 11.2 Å². The van der Waals surface area contributed by atoms with Crippen LogP contribution in [0.3, 0.4) is 0 Å². The molecule has 0 unspecified atom stereocenters. The van der Waals surface area contributed by atoms with Crippen molar-refractivity contribution >= 4 is 38.8 Å². The van der Waals surface area contributed by atoms with Crippen LogP contribution >= 0.6 is 11.6 Å². The van der Waals surface area contributed by atoms with Crippen LogP contribution in [0.2, 0.25) is 5.15 Å². The Labute approximate surface area is 377 Å². The van der Waals surface area contributed by atoms with Crippen LogP contribution in [0.15, 0.2) is 188 Å². The monoisotopic (exact) mass is 917 g/mol. The molecule has 2 aromatic heterocycles. The molecule has 8 aromatic rings. The number of ether oxygens (including phenoxy) is 3. The molecule has 0 radical (unpaired) electrons. The van der Waals surface area contributed by atoms with E-state index in [4.69, 9.17) is 35.7 Å². The summed E-state index contributed by atoms with van der Waals surface area (Å²) in [6.45, 7) is -0.549. The molecule has 1 aliphatic heterocycles. The summed E-state index contributed by atoms with van der Waals surface area (Å²) in [5.41, 5.74) is 0.923. The van der Waals surface area contributed by atoms with Gasteiger partial charge < -0.3 is 19.9 Å².